The molecule has 0 rings (SSSR count). The fraction of sp³-hybridized carbons (Fsp3) is 1.00. The van der Waals surface area contributed by atoms with E-state index in [9.17, 15) is 0 Å². The third-order valence-corrected chi connectivity index (χ3v) is 0. The Labute approximate surface area is 149 Å². The van der Waals surface area contributed by atoms with Crippen molar-refractivity contribution in [2.45, 2.75) is 73.3 Å². The van der Waals surface area contributed by atoms with E-state index < -0.39 is 9.06 Å². The molecular formula is C11H57O11P. The second kappa shape index (κ2) is 23100. The number of hydrogen-bond acceptors (Lipinski definition) is 4. The van der Waals surface area contributed by atoms with E-state index in [1.165, 1.54) is 0 Å². The Morgan fingerprint density at radius 3 is 0.565 bits per heavy atom. The first kappa shape index (κ1) is 533. The van der Waals surface area contributed by atoms with Gasteiger partial charge < -0.3 is 43.4 Å². The quantitative estimate of drug-likeness (QED) is 0.570. The average molecular weight is 398 g/mol. The normalized spacial score (nSPS) is 1.65. The van der Waals surface area contributed by atoms with Crippen LogP contribution in [0, 0.1) is 9.93 Å². The van der Waals surface area contributed by atoms with Gasteiger partial charge >= 0.3 is 0 Å². The Morgan fingerprint density at radius 1 is 0.565 bits per heavy atom. The van der Waals surface area contributed by atoms with Crippen LogP contribution in [0.5, 0.6) is 0 Å². The van der Waals surface area contributed by atoms with Crippen molar-refractivity contribution in [1.29, 1.82) is 1.28 Å². The number of rotatable bonds is 0. The van der Waals surface area contributed by atoms with Gasteiger partial charge in [0.15, 0.2) is 0 Å². The maximum Gasteiger partial charge on any atom is 0.140 e. The van der Waals surface area contributed by atoms with Gasteiger partial charge in [-0.15, -0.1) is 0 Å². The molecular weight excluding hydrogens is 339 g/mol. The zero-order valence-corrected chi connectivity index (χ0v) is 9.51. The number of hydrogen-bond donors (Lipinski definition) is 1. The maximum absolute atomic E-state index is 8.57. The predicted molar refractivity (Wildman–Crippen MR) is 114 cm³/mol. The standard InChI is InChI=1S/C2H6.CH4O.8CH4.O2.HOP.7H2O/c2*1-2;;;;;;;;;2*1-2;;;;;;;/h1-2H3;2H,1H3;8*1H4;;2H;7*1H2/i;;;;;;;;;;;2D;;;;;;;. The molecule has 0 aromatic heterocycles. The van der Waals surface area contributed by atoms with Gasteiger partial charge in [-0.05, 0) is 0 Å². The molecule has 172 valence electrons. The summed E-state index contributed by atoms with van der Waals surface area (Å²) in [6.45, 7) is 4.00. The molecule has 0 bridgehead atoms. The van der Waals surface area contributed by atoms with Crippen molar-refractivity contribution >= 4 is 9.06 Å². The molecule has 0 radical (unpaired) electrons. The average Bonchev–Trinajstić information content (AvgIpc) is 2.01. The smallest absolute Gasteiger partial charge is 0.140 e. The van der Waals surface area contributed by atoms with E-state index in [0.717, 1.165) is 7.11 Å². The molecule has 0 aliphatic carbocycles. The van der Waals surface area contributed by atoms with E-state index >= 15 is 0 Å². The Hall–Kier alpha value is -0.620. The zero-order valence-electron chi connectivity index (χ0n) is 9.62. The van der Waals surface area contributed by atoms with E-state index in [1.807, 2.05) is 13.8 Å². The van der Waals surface area contributed by atoms with Gasteiger partial charge in [0.05, 0.1) is 0 Å². The number of aliphatic hydroxyl groups is 1. The van der Waals surface area contributed by atoms with Gasteiger partial charge in [0.25, 0.3) is 0 Å². The summed E-state index contributed by atoms with van der Waals surface area (Å²) in [4.78, 5) is 14.0. The Bertz CT molecular complexity index is 47.9. The second-order valence-electron chi connectivity index (χ2n) is 0. The van der Waals surface area contributed by atoms with Gasteiger partial charge in [-0.1, -0.05) is 73.3 Å². The highest BCUT2D eigenvalue weighted by atomic mass is 31.0. The molecule has 0 saturated heterocycles. The molecule has 12 heteroatoms. The highest BCUT2D eigenvalue weighted by molar-refractivity contribution is 7.00. The van der Waals surface area contributed by atoms with E-state index in [4.69, 9.17) is 20.9 Å². The van der Waals surface area contributed by atoms with Crippen LogP contribution in [0.4, 0.5) is 0 Å². The van der Waals surface area contributed by atoms with Crippen molar-refractivity contribution in [2.75, 3.05) is 7.11 Å². The SMILES string of the molecule is C.C.C.C.C.C.C.C.CC.CO.O.O.O.O.O.O.O.O=O.[2H]P=O. The summed E-state index contributed by atoms with van der Waals surface area (Å²) in [7, 11) is 0.417. The van der Waals surface area contributed by atoms with Crippen LogP contribution in [0.1, 0.15) is 73.3 Å². The summed E-state index contributed by atoms with van der Waals surface area (Å²) >= 11 is 0. The van der Waals surface area contributed by atoms with Crippen molar-refractivity contribution in [3.05, 3.63) is 9.93 Å². The van der Waals surface area contributed by atoms with E-state index in [-0.39, 0.29) is 97.7 Å². The maximum atomic E-state index is 8.57. The van der Waals surface area contributed by atoms with E-state index in [1.54, 1.807) is 0 Å². The number of aliphatic hydroxyl groups excluding tert-OH is 1. The van der Waals surface area contributed by atoms with Crippen LogP contribution in [0.3, 0.4) is 0 Å². The molecule has 0 saturated carbocycles. The minimum Gasteiger partial charge on any atom is -0.412 e. The molecule has 0 unspecified atom stereocenters. The fourth-order valence-electron chi connectivity index (χ4n) is 0. The lowest BCUT2D eigenvalue weighted by Gasteiger charge is -1.21. The minimum absolute atomic E-state index is 0. The highest BCUT2D eigenvalue weighted by Crippen LogP contribution is 1.23. The highest BCUT2D eigenvalue weighted by Gasteiger charge is 0.932. The zero-order chi connectivity index (χ0) is 8.71. The Kier molecular flexibility index (Phi) is 536000. The molecule has 0 aromatic carbocycles. The van der Waals surface area contributed by atoms with Crippen molar-refractivity contribution < 1.29 is 48.0 Å². The summed E-state index contributed by atoms with van der Waals surface area (Å²) in [5.74, 6) is 0. The van der Waals surface area contributed by atoms with Crippen LogP contribution in [-0.4, -0.2) is 51.8 Å². The Balaban J connectivity index is -0.000000000681. The van der Waals surface area contributed by atoms with Crippen LogP contribution < -0.4 is 0 Å². The van der Waals surface area contributed by atoms with Crippen molar-refractivity contribution in [3.63, 3.8) is 0 Å². The van der Waals surface area contributed by atoms with Crippen LogP contribution in [0.2, 0.25) is 0 Å². The van der Waals surface area contributed by atoms with Crippen LogP contribution in [0.15, 0.2) is 0 Å². The molecule has 0 aliphatic heterocycles. The lowest BCUT2D eigenvalue weighted by Crippen LogP contribution is -1.25. The first-order chi connectivity index (χ1) is 4.41. The molecule has 0 amide bonds. The van der Waals surface area contributed by atoms with Crippen molar-refractivity contribution in [2.24, 2.45) is 0 Å². The third-order valence-electron chi connectivity index (χ3n) is 0. The minimum atomic E-state index is -0.583. The van der Waals surface area contributed by atoms with Gasteiger partial charge in [0.2, 0.25) is 0 Å². The van der Waals surface area contributed by atoms with Gasteiger partial charge in [-0.2, -0.15) is 0 Å². The van der Waals surface area contributed by atoms with Gasteiger partial charge in [0.1, 0.15) is 10.3 Å². The molecule has 0 fully saturated rings. The topological polar surface area (TPSA) is 292 Å². The van der Waals surface area contributed by atoms with Crippen molar-refractivity contribution in [1.82, 2.24) is 0 Å². The van der Waals surface area contributed by atoms with Crippen LogP contribution in [-0.2, 0) is 4.57 Å². The monoisotopic (exact) mass is 397 g/mol. The van der Waals surface area contributed by atoms with E-state index in [0.29, 0.717) is 0 Å². The van der Waals surface area contributed by atoms with E-state index in [2.05, 4.69) is 0 Å². The molecule has 11 nitrogen and oxygen atoms in total. The van der Waals surface area contributed by atoms with Gasteiger partial charge in [0, 0.05) is 17.0 Å². The summed E-state index contributed by atoms with van der Waals surface area (Å²) < 4.78 is 14.2. The van der Waals surface area contributed by atoms with Gasteiger partial charge in [-0.25, -0.2) is 0 Å². The van der Waals surface area contributed by atoms with Crippen LogP contribution in [0.25, 0.3) is 0 Å². The molecule has 0 aromatic rings. The summed E-state index contributed by atoms with van der Waals surface area (Å²) in [6.07, 6.45) is 0. The lowest BCUT2D eigenvalue weighted by atomic mass is 11.0. The predicted octanol–water partition coefficient (Wildman–Crippen LogP) is 0.492. The molecule has 0 heterocycles. The molecule has 23 heavy (non-hydrogen) atoms. The van der Waals surface area contributed by atoms with Crippen molar-refractivity contribution in [3.8, 4) is 0 Å². The first-order valence-electron chi connectivity index (χ1n) is 2.24. The molecule has 15 N–H and O–H groups in total. The van der Waals surface area contributed by atoms with Crippen LogP contribution >= 0.6 is 9.06 Å². The Morgan fingerprint density at radius 2 is 0.565 bits per heavy atom. The fourth-order valence-corrected chi connectivity index (χ4v) is 0. The summed E-state index contributed by atoms with van der Waals surface area (Å²) in [5.41, 5.74) is 0. The molecule has 0 aliphatic rings. The molecule has 0 spiro atoms. The third kappa shape index (κ3) is 20900. The summed E-state index contributed by atoms with van der Waals surface area (Å²) in [6, 6.07) is 0. The second-order valence-corrected chi connectivity index (χ2v) is 0. The summed E-state index contributed by atoms with van der Waals surface area (Å²) in [5, 5.41) is 7.00. The lowest BCUT2D eigenvalue weighted by molar-refractivity contribution is 0.399. The molecule has 0 atom stereocenters. The van der Waals surface area contributed by atoms with Gasteiger partial charge in [-0.3, -0.25) is 4.57 Å². The largest absolute Gasteiger partial charge is 0.412 e. The first-order valence-corrected chi connectivity index (χ1v) is 2.16.